The smallest absolute Gasteiger partial charge is 0.0709 e. The molecule has 4 rings (SSSR count). The number of fused-ring (bicyclic) bond motifs is 2. The molecule has 19 heavy (non-hydrogen) atoms. The Hall–Kier alpha value is -2.54. The van der Waals surface area contributed by atoms with Gasteiger partial charge < -0.3 is 4.57 Å². The normalized spacial score (nSPS) is 11.2. The van der Waals surface area contributed by atoms with Gasteiger partial charge in [0.15, 0.2) is 0 Å². The van der Waals surface area contributed by atoms with Gasteiger partial charge in [-0.1, -0.05) is 48.5 Å². The van der Waals surface area contributed by atoms with E-state index >= 15 is 0 Å². The number of benzene rings is 3. The molecule has 0 aliphatic heterocycles. The van der Waals surface area contributed by atoms with Gasteiger partial charge in [0, 0.05) is 11.1 Å². The van der Waals surface area contributed by atoms with Gasteiger partial charge in [-0.25, -0.2) is 0 Å². The van der Waals surface area contributed by atoms with Crippen molar-refractivity contribution in [2.24, 2.45) is 0 Å². The van der Waals surface area contributed by atoms with Gasteiger partial charge in [0.25, 0.3) is 0 Å². The van der Waals surface area contributed by atoms with Crippen LogP contribution in [-0.2, 0) is 0 Å². The minimum absolute atomic E-state index is 1.15. The Morgan fingerprint density at radius 3 is 2.32 bits per heavy atom. The fraction of sp³-hybridized carbons (Fsp3) is 0. The van der Waals surface area contributed by atoms with E-state index in [1.807, 2.05) is 6.07 Å². The van der Waals surface area contributed by atoms with E-state index in [0.29, 0.717) is 0 Å². The fourth-order valence-corrected chi connectivity index (χ4v) is 2.55. The molecule has 0 saturated carbocycles. The van der Waals surface area contributed by atoms with Crippen LogP contribution in [0.25, 0.3) is 27.4 Å². The summed E-state index contributed by atoms with van der Waals surface area (Å²) in [7, 11) is 0. The highest BCUT2D eigenvalue weighted by atomic mass is 15.0. The third kappa shape index (κ3) is 1.63. The van der Waals surface area contributed by atoms with Gasteiger partial charge in [0.1, 0.15) is 0 Å². The van der Waals surface area contributed by atoms with E-state index in [1.54, 1.807) is 0 Å². The lowest BCUT2D eigenvalue weighted by Crippen LogP contribution is -1.91. The molecule has 0 bridgehead atoms. The zero-order valence-electron chi connectivity index (χ0n) is 10.4. The Labute approximate surface area is 111 Å². The molecule has 0 atom stereocenters. The van der Waals surface area contributed by atoms with Gasteiger partial charge in [0.05, 0.1) is 11.7 Å². The number of nitrogens with zero attached hydrogens (tertiary/aromatic N) is 1. The Kier molecular flexibility index (Phi) is 2.18. The van der Waals surface area contributed by atoms with Crippen molar-refractivity contribution < 1.29 is 0 Å². The van der Waals surface area contributed by atoms with Gasteiger partial charge in [-0.2, -0.15) is 0 Å². The third-order valence-electron chi connectivity index (χ3n) is 3.52. The molecule has 1 radical (unpaired) electrons. The maximum Gasteiger partial charge on any atom is 0.0709 e. The van der Waals surface area contributed by atoms with E-state index in [-0.39, 0.29) is 0 Å². The summed E-state index contributed by atoms with van der Waals surface area (Å²) in [4.78, 5) is 0. The summed E-state index contributed by atoms with van der Waals surface area (Å²) in [6.07, 6.45) is 3.31. The first-order valence-electron chi connectivity index (χ1n) is 6.39. The van der Waals surface area contributed by atoms with Crippen molar-refractivity contribution in [3.63, 3.8) is 0 Å². The number of aromatic nitrogens is 1. The second kappa shape index (κ2) is 3.99. The zero-order chi connectivity index (χ0) is 12.7. The minimum atomic E-state index is 1.15. The quantitative estimate of drug-likeness (QED) is 0.460. The molecule has 0 N–H and O–H groups in total. The minimum Gasteiger partial charge on any atom is -0.308 e. The number of rotatable bonds is 1. The zero-order valence-corrected chi connectivity index (χ0v) is 10.4. The monoisotopic (exact) mass is 242 g/mol. The van der Waals surface area contributed by atoms with Crippen molar-refractivity contribution >= 4 is 21.7 Å². The highest BCUT2D eigenvalue weighted by molar-refractivity contribution is 5.86. The molecule has 0 aliphatic rings. The molecule has 1 heteroatoms. The van der Waals surface area contributed by atoms with Crippen LogP contribution in [0.4, 0.5) is 0 Å². The van der Waals surface area contributed by atoms with Crippen molar-refractivity contribution in [2.45, 2.75) is 0 Å². The second-order valence-corrected chi connectivity index (χ2v) is 4.70. The van der Waals surface area contributed by atoms with Crippen LogP contribution < -0.4 is 0 Å². The topological polar surface area (TPSA) is 4.93 Å². The average Bonchev–Trinajstić information content (AvgIpc) is 2.91. The Morgan fingerprint density at radius 2 is 1.42 bits per heavy atom. The molecule has 3 aromatic carbocycles. The summed E-state index contributed by atoms with van der Waals surface area (Å²) in [5.74, 6) is 0. The molecule has 0 aliphatic carbocycles. The summed E-state index contributed by atoms with van der Waals surface area (Å²) < 4.78 is 2.11. The van der Waals surface area contributed by atoms with Crippen molar-refractivity contribution in [3.05, 3.63) is 79.0 Å². The Morgan fingerprint density at radius 1 is 0.684 bits per heavy atom. The molecule has 1 heterocycles. The summed E-state index contributed by atoms with van der Waals surface area (Å²) in [6, 6.07) is 25.3. The van der Waals surface area contributed by atoms with Crippen molar-refractivity contribution in [1.82, 2.24) is 4.57 Å². The Bertz CT molecular complexity index is 871. The van der Waals surface area contributed by atoms with Gasteiger partial charge in [-0.05, 0) is 35.0 Å². The summed E-state index contributed by atoms with van der Waals surface area (Å²) in [5.41, 5.74) is 2.35. The fourth-order valence-electron chi connectivity index (χ4n) is 2.55. The number of para-hydroxylation sites is 1. The number of hydrogen-bond acceptors (Lipinski definition) is 0. The van der Waals surface area contributed by atoms with Crippen molar-refractivity contribution in [1.29, 1.82) is 0 Å². The summed E-state index contributed by atoms with van der Waals surface area (Å²) in [6.45, 7) is 0. The van der Waals surface area contributed by atoms with Crippen LogP contribution >= 0.6 is 0 Å². The van der Waals surface area contributed by atoms with Gasteiger partial charge in [-0.3, -0.25) is 0 Å². The molecular formula is C18H12N. The number of hydrogen-bond donors (Lipinski definition) is 0. The van der Waals surface area contributed by atoms with Crippen LogP contribution in [0, 0.1) is 6.20 Å². The first kappa shape index (κ1) is 10.4. The maximum absolute atomic E-state index is 3.31. The van der Waals surface area contributed by atoms with E-state index in [1.165, 1.54) is 21.7 Å². The molecule has 0 saturated heterocycles. The predicted molar refractivity (Wildman–Crippen MR) is 79.6 cm³/mol. The van der Waals surface area contributed by atoms with E-state index in [0.717, 1.165) is 5.69 Å². The first-order chi connectivity index (χ1) is 9.42. The Balaban J connectivity index is 1.99. The van der Waals surface area contributed by atoms with E-state index in [4.69, 9.17) is 0 Å². The average molecular weight is 242 g/mol. The largest absolute Gasteiger partial charge is 0.308 e. The van der Waals surface area contributed by atoms with Crippen molar-refractivity contribution in [3.8, 4) is 5.69 Å². The lowest BCUT2D eigenvalue weighted by molar-refractivity contribution is 1.12. The molecule has 0 fully saturated rings. The first-order valence-corrected chi connectivity index (χ1v) is 6.39. The van der Waals surface area contributed by atoms with Gasteiger partial charge in [-0.15, -0.1) is 0 Å². The SMILES string of the molecule is [c]1cc2ccccc2n1-c1ccc2ccccc2c1. The lowest BCUT2D eigenvalue weighted by atomic mass is 10.1. The molecule has 4 aromatic rings. The van der Waals surface area contributed by atoms with Crippen LogP contribution in [0.3, 0.4) is 0 Å². The third-order valence-corrected chi connectivity index (χ3v) is 3.52. The molecule has 89 valence electrons. The van der Waals surface area contributed by atoms with E-state index in [2.05, 4.69) is 77.5 Å². The van der Waals surface area contributed by atoms with Gasteiger partial charge >= 0.3 is 0 Å². The van der Waals surface area contributed by atoms with E-state index < -0.39 is 0 Å². The molecule has 1 nitrogen and oxygen atoms in total. The van der Waals surface area contributed by atoms with Gasteiger partial charge in [0.2, 0.25) is 0 Å². The summed E-state index contributed by atoms with van der Waals surface area (Å²) in [5, 5.41) is 3.74. The van der Waals surface area contributed by atoms with Crippen LogP contribution in [0.5, 0.6) is 0 Å². The van der Waals surface area contributed by atoms with Crippen LogP contribution in [0.15, 0.2) is 72.8 Å². The molecule has 1 aromatic heterocycles. The predicted octanol–water partition coefficient (Wildman–Crippen LogP) is 4.58. The maximum atomic E-state index is 3.31. The summed E-state index contributed by atoms with van der Waals surface area (Å²) >= 11 is 0. The van der Waals surface area contributed by atoms with Crippen LogP contribution in [0.1, 0.15) is 0 Å². The van der Waals surface area contributed by atoms with Crippen molar-refractivity contribution in [2.75, 3.05) is 0 Å². The molecule has 0 unspecified atom stereocenters. The highest BCUT2D eigenvalue weighted by Gasteiger charge is 2.03. The standard InChI is InChI=1S/C18H12N/c1-2-7-16-13-17(10-9-14(16)5-1)19-12-11-15-6-3-4-8-18(15)19/h1-11,13H. The lowest BCUT2D eigenvalue weighted by Gasteiger charge is -2.06. The molecular weight excluding hydrogens is 230 g/mol. The molecule has 0 amide bonds. The highest BCUT2D eigenvalue weighted by Crippen LogP contribution is 2.23. The molecule has 0 spiro atoms. The second-order valence-electron chi connectivity index (χ2n) is 4.70. The van der Waals surface area contributed by atoms with Crippen LogP contribution in [0.2, 0.25) is 0 Å². The van der Waals surface area contributed by atoms with Crippen LogP contribution in [-0.4, -0.2) is 4.57 Å². The van der Waals surface area contributed by atoms with E-state index in [9.17, 15) is 0 Å².